The number of ether oxygens (including phenoxy) is 2. The Morgan fingerprint density at radius 2 is 2.10 bits per heavy atom. The van der Waals surface area contributed by atoms with Crippen LogP contribution < -0.4 is 20.5 Å². The van der Waals surface area contributed by atoms with Crippen molar-refractivity contribution >= 4 is 22.7 Å². The van der Waals surface area contributed by atoms with Gasteiger partial charge < -0.3 is 20.5 Å². The fourth-order valence-corrected chi connectivity index (χ4v) is 2.39. The molecule has 0 amide bonds. The zero-order chi connectivity index (χ0) is 14.5. The van der Waals surface area contributed by atoms with Crippen LogP contribution >= 0.6 is 11.3 Å². The minimum atomic E-state index is -2.90. The normalized spacial score (nSPS) is 10.6. The van der Waals surface area contributed by atoms with E-state index in [1.807, 2.05) is 11.4 Å². The van der Waals surface area contributed by atoms with Gasteiger partial charge in [0, 0.05) is 22.3 Å². The summed E-state index contributed by atoms with van der Waals surface area (Å²) in [5, 5.41) is 5.00. The smallest absolute Gasteiger partial charge is 0.387 e. The van der Waals surface area contributed by atoms with Crippen molar-refractivity contribution in [3.8, 4) is 11.5 Å². The van der Waals surface area contributed by atoms with E-state index < -0.39 is 6.61 Å². The summed E-state index contributed by atoms with van der Waals surface area (Å²) in [6.07, 6.45) is 0. The van der Waals surface area contributed by atoms with E-state index in [9.17, 15) is 8.78 Å². The van der Waals surface area contributed by atoms with Crippen molar-refractivity contribution in [2.24, 2.45) is 0 Å². The average molecular weight is 300 g/mol. The predicted octanol–water partition coefficient (Wildman–Crippen LogP) is 3.55. The van der Waals surface area contributed by atoms with Crippen LogP contribution in [0.1, 0.15) is 4.88 Å². The predicted molar refractivity (Wildman–Crippen MR) is 75.7 cm³/mol. The van der Waals surface area contributed by atoms with E-state index in [4.69, 9.17) is 10.5 Å². The zero-order valence-electron chi connectivity index (χ0n) is 10.7. The summed E-state index contributed by atoms with van der Waals surface area (Å²) < 4.78 is 34.0. The number of alkyl halides is 2. The van der Waals surface area contributed by atoms with E-state index in [0.29, 0.717) is 17.9 Å². The molecule has 108 valence electrons. The highest BCUT2D eigenvalue weighted by atomic mass is 32.1. The highest BCUT2D eigenvalue weighted by Gasteiger charge is 2.11. The van der Waals surface area contributed by atoms with E-state index >= 15 is 0 Å². The van der Waals surface area contributed by atoms with Gasteiger partial charge in [-0.25, -0.2) is 0 Å². The molecule has 3 N–H and O–H groups in total. The van der Waals surface area contributed by atoms with Gasteiger partial charge in [-0.2, -0.15) is 8.78 Å². The Morgan fingerprint density at radius 1 is 1.30 bits per heavy atom. The van der Waals surface area contributed by atoms with Crippen molar-refractivity contribution in [2.75, 3.05) is 18.2 Å². The lowest BCUT2D eigenvalue weighted by Gasteiger charge is -2.12. The van der Waals surface area contributed by atoms with Crippen molar-refractivity contribution < 1.29 is 18.3 Å². The number of hydrogen-bond acceptors (Lipinski definition) is 5. The van der Waals surface area contributed by atoms with Gasteiger partial charge in [0.2, 0.25) is 0 Å². The summed E-state index contributed by atoms with van der Waals surface area (Å²) in [6, 6.07) is 6.58. The van der Waals surface area contributed by atoms with E-state index in [2.05, 4.69) is 10.1 Å². The van der Waals surface area contributed by atoms with Gasteiger partial charge in [-0.05, 0) is 23.6 Å². The van der Waals surface area contributed by atoms with Gasteiger partial charge in [0.1, 0.15) is 0 Å². The molecule has 1 aromatic carbocycles. The standard InChI is InChI=1S/C13H14F2N2O2S/c1-18-10-3-2-8(6-11(10)19-13(14)15)17-7-12-9(16)4-5-20-12/h2-6,13,17H,7,16H2,1H3. The quantitative estimate of drug-likeness (QED) is 0.856. The molecule has 1 aromatic heterocycles. The van der Waals surface area contributed by atoms with Gasteiger partial charge in [0.15, 0.2) is 11.5 Å². The number of thiophene rings is 1. The largest absolute Gasteiger partial charge is 0.493 e. The Labute approximate surface area is 119 Å². The van der Waals surface area contributed by atoms with Gasteiger partial charge in [-0.1, -0.05) is 0 Å². The summed E-state index contributed by atoms with van der Waals surface area (Å²) in [5.41, 5.74) is 7.13. The maximum atomic E-state index is 12.3. The molecule has 0 atom stereocenters. The number of methoxy groups -OCH3 is 1. The molecule has 0 bridgehead atoms. The number of rotatable bonds is 6. The molecule has 0 fully saturated rings. The van der Waals surface area contributed by atoms with Crippen LogP contribution in [0.3, 0.4) is 0 Å². The number of hydrogen-bond donors (Lipinski definition) is 2. The molecule has 1 heterocycles. The van der Waals surface area contributed by atoms with Gasteiger partial charge in [0.25, 0.3) is 0 Å². The van der Waals surface area contributed by atoms with Gasteiger partial charge in [-0.15, -0.1) is 11.3 Å². The first-order valence-electron chi connectivity index (χ1n) is 5.78. The van der Waals surface area contributed by atoms with Crippen LogP contribution in [0, 0.1) is 0 Å². The van der Waals surface area contributed by atoms with Gasteiger partial charge >= 0.3 is 6.61 Å². The maximum absolute atomic E-state index is 12.3. The van der Waals surface area contributed by atoms with Gasteiger partial charge in [0.05, 0.1) is 13.7 Å². The topological polar surface area (TPSA) is 56.5 Å². The van der Waals surface area contributed by atoms with Crippen molar-refractivity contribution in [3.63, 3.8) is 0 Å². The molecule has 0 radical (unpaired) electrons. The van der Waals surface area contributed by atoms with E-state index in [1.54, 1.807) is 12.1 Å². The maximum Gasteiger partial charge on any atom is 0.387 e. The summed E-state index contributed by atoms with van der Waals surface area (Å²) >= 11 is 1.53. The lowest BCUT2D eigenvalue weighted by Crippen LogP contribution is -2.05. The molecule has 0 aliphatic heterocycles. The third kappa shape index (κ3) is 3.51. The van der Waals surface area contributed by atoms with Crippen LogP contribution in [-0.4, -0.2) is 13.7 Å². The Balaban J connectivity index is 2.10. The van der Waals surface area contributed by atoms with E-state index in [0.717, 1.165) is 4.88 Å². The first-order chi connectivity index (χ1) is 9.60. The van der Waals surface area contributed by atoms with Crippen LogP contribution in [0.4, 0.5) is 20.2 Å². The average Bonchev–Trinajstić information content (AvgIpc) is 2.81. The zero-order valence-corrected chi connectivity index (χ0v) is 11.5. The van der Waals surface area contributed by atoms with Crippen LogP contribution in [0.25, 0.3) is 0 Å². The van der Waals surface area contributed by atoms with Gasteiger partial charge in [-0.3, -0.25) is 0 Å². The molecular formula is C13H14F2N2O2S. The first-order valence-corrected chi connectivity index (χ1v) is 6.66. The Hall–Kier alpha value is -2.02. The Kier molecular flexibility index (Phi) is 4.62. The van der Waals surface area contributed by atoms with Crippen molar-refractivity contribution in [2.45, 2.75) is 13.2 Å². The number of anilines is 2. The van der Waals surface area contributed by atoms with Crippen LogP contribution in [0.15, 0.2) is 29.6 Å². The fraction of sp³-hybridized carbons (Fsp3) is 0.231. The number of nitrogen functional groups attached to an aromatic ring is 1. The molecule has 0 aliphatic carbocycles. The highest BCUT2D eigenvalue weighted by Crippen LogP contribution is 2.32. The van der Waals surface area contributed by atoms with Crippen LogP contribution in [-0.2, 0) is 6.54 Å². The molecular weight excluding hydrogens is 286 g/mol. The molecule has 0 saturated carbocycles. The molecule has 7 heteroatoms. The fourth-order valence-electron chi connectivity index (χ4n) is 1.65. The molecule has 0 aliphatic rings. The SMILES string of the molecule is COc1ccc(NCc2sccc2N)cc1OC(F)F. The molecule has 2 rings (SSSR count). The minimum Gasteiger partial charge on any atom is -0.493 e. The van der Waals surface area contributed by atoms with Crippen LogP contribution in [0.5, 0.6) is 11.5 Å². The van der Waals surface area contributed by atoms with Crippen molar-refractivity contribution in [1.29, 1.82) is 0 Å². The Bertz CT molecular complexity index is 575. The number of benzene rings is 1. The number of halogens is 2. The molecule has 0 spiro atoms. The third-order valence-corrected chi connectivity index (χ3v) is 3.55. The second-order valence-corrected chi connectivity index (χ2v) is 4.90. The highest BCUT2D eigenvalue weighted by molar-refractivity contribution is 7.10. The summed E-state index contributed by atoms with van der Waals surface area (Å²) in [5.74, 6) is 0.248. The molecule has 4 nitrogen and oxygen atoms in total. The summed E-state index contributed by atoms with van der Waals surface area (Å²) in [7, 11) is 1.40. The molecule has 0 saturated heterocycles. The molecule has 0 unspecified atom stereocenters. The van der Waals surface area contributed by atoms with Crippen molar-refractivity contribution in [3.05, 3.63) is 34.5 Å². The first kappa shape index (κ1) is 14.4. The monoisotopic (exact) mass is 300 g/mol. The second kappa shape index (κ2) is 6.42. The molecule has 2 aromatic rings. The number of nitrogens with two attached hydrogens (primary N) is 1. The number of nitrogens with one attached hydrogen (secondary N) is 1. The lowest BCUT2D eigenvalue weighted by molar-refractivity contribution is -0.0511. The van der Waals surface area contributed by atoms with Crippen molar-refractivity contribution in [1.82, 2.24) is 0 Å². The molecule has 20 heavy (non-hydrogen) atoms. The van der Waals surface area contributed by atoms with Crippen LogP contribution in [0.2, 0.25) is 0 Å². The second-order valence-electron chi connectivity index (χ2n) is 3.90. The summed E-state index contributed by atoms with van der Waals surface area (Å²) in [4.78, 5) is 0.983. The lowest BCUT2D eigenvalue weighted by atomic mass is 10.2. The van der Waals surface area contributed by atoms with E-state index in [-0.39, 0.29) is 11.5 Å². The van der Waals surface area contributed by atoms with E-state index in [1.165, 1.54) is 24.5 Å². The Morgan fingerprint density at radius 3 is 2.70 bits per heavy atom. The minimum absolute atomic E-state index is 0.00773. The third-order valence-electron chi connectivity index (χ3n) is 2.61. The summed E-state index contributed by atoms with van der Waals surface area (Å²) in [6.45, 7) is -2.38.